The molecule has 4 aromatic rings. The number of phenols is 1. The Kier molecular flexibility index (Phi) is 11.0. The first-order chi connectivity index (χ1) is 26.0. The molecule has 0 radical (unpaired) electrons. The van der Waals surface area contributed by atoms with E-state index in [9.17, 15) is 19.7 Å². The van der Waals surface area contributed by atoms with Crippen LogP contribution in [-0.4, -0.2) is 50.1 Å². The van der Waals surface area contributed by atoms with Gasteiger partial charge in [0.05, 0.1) is 30.2 Å². The Morgan fingerprint density at radius 1 is 0.870 bits per heavy atom. The maximum Gasteiger partial charge on any atom is 0.455 e. The predicted molar refractivity (Wildman–Crippen MR) is 218 cm³/mol. The first kappa shape index (κ1) is 37.8. The van der Waals surface area contributed by atoms with Crippen molar-refractivity contribution in [1.82, 2.24) is 0 Å². The number of phenolic OH excluding ortho intramolecular Hbond substituents is 1. The summed E-state index contributed by atoms with van der Waals surface area (Å²) in [5.74, 6) is -1.74. The second kappa shape index (κ2) is 15.7. The van der Waals surface area contributed by atoms with Gasteiger partial charge in [-0.05, 0) is 82.7 Å². The van der Waals surface area contributed by atoms with Gasteiger partial charge in [-0.3, -0.25) is 14.5 Å². The fourth-order valence-electron chi connectivity index (χ4n) is 9.18. The van der Waals surface area contributed by atoms with Gasteiger partial charge in [0, 0.05) is 5.56 Å². The lowest BCUT2D eigenvalue weighted by Crippen LogP contribution is -2.66. The molecule has 2 saturated heterocycles. The smallest absolute Gasteiger partial charge is 0.455 e. The standard InChI is InChI=1S/C45H50BNO6Si/c1-5-31(27-32-17-15-16-24-39(32)48)25-26-40-41-33(30-52-54(45(2,3)4,35-20-11-7-12-21-35)36-22-13-8-14-23-36)28-37-42(38(41)29-46(51)53-40)44(50)47(43(37)49)34-18-9-6-10-19-34/h6-24,27,37-38,40,42,48,51H,5,25-26,28-30H2,1-4H3/b31-27+/t37-,38+,40-,42-/m1/s1. The molecule has 0 spiro atoms. The highest BCUT2D eigenvalue weighted by Crippen LogP contribution is 2.52. The SMILES string of the molecule is CC/C(=C\c1ccccc1O)CC[C@H]1OB(O)C[C@H]2C1=C(CO[Si](c1ccccc1)(c1ccccc1)C(C)(C)C)C[C@H]1C(=O)N(c3ccccc3)C(=O)[C@H]12. The zero-order valence-electron chi connectivity index (χ0n) is 31.7. The summed E-state index contributed by atoms with van der Waals surface area (Å²) >= 11 is 0. The molecule has 2 fully saturated rings. The van der Waals surface area contributed by atoms with Gasteiger partial charge in [-0.2, -0.15) is 0 Å². The normalized spacial score (nSPS) is 22.1. The van der Waals surface area contributed by atoms with Gasteiger partial charge in [0.25, 0.3) is 8.32 Å². The fraction of sp³-hybridized carbons (Fsp3) is 0.333. The number of amides is 2. The number of hydrogen-bond acceptors (Lipinski definition) is 6. The van der Waals surface area contributed by atoms with E-state index < -0.39 is 33.4 Å². The summed E-state index contributed by atoms with van der Waals surface area (Å²) < 4.78 is 13.9. The number of carbonyl (C=O) groups excluding carboxylic acids is 2. The zero-order valence-corrected chi connectivity index (χ0v) is 32.7. The van der Waals surface area contributed by atoms with Gasteiger partial charge in [0.1, 0.15) is 5.75 Å². The van der Waals surface area contributed by atoms with Crippen LogP contribution in [-0.2, 0) is 18.7 Å². The number of carbonyl (C=O) groups is 2. The summed E-state index contributed by atoms with van der Waals surface area (Å²) in [7, 11) is -4.05. The highest BCUT2D eigenvalue weighted by atomic mass is 28.4. The van der Waals surface area contributed by atoms with E-state index in [2.05, 4.69) is 76.2 Å². The molecular formula is C45H50BNO6Si. The molecule has 278 valence electrons. The Balaban J connectivity index is 1.31. The molecule has 0 bridgehead atoms. The van der Waals surface area contributed by atoms with Gasteiger partial charge >= 0.3 is 7.12 Å². The van der Waals surface area contributed by atoms with Crippen LogP contribution in [0, 0.1) is 17.8 Å². The van der Waals surface area contributed by atoms with E-state index >= 15 is 0 Å². The molecular weight excluding hydrogens is 689 g/mol. The lowest BCUT2D eigenvalue weighted by atomic mass is 9.58. The molecule has 4 atom stereocenters. The van der Waals surface area contributed by atoms with Crippen LogP contribution in [0.15, 0.2) is 132 Å². The van der Waals surface area contributed by atoms with E-state index in [0.717, 1.165) is 39.1 Å². The molecule has 2 N–H and O–H groups in total. The van der Waals surface area contributed by atoms with E-state index in [-0.39, 0.29) is 41.4 Å². The fourth-order valence-corrected chi connectivity index (χ4v) is 13.7. The Morgan fingerprint density at radius 3 is 2.06 bits per heavy atom. The summed E-state index contributed by atoms with van der Waals surface area (Å²) in [6.07, 6.45) is 4.17. The number of allylic oxidation sites excluding steroid dienone is 1. The molecule has 9 heteroatoms. The second-order valence-corrected chi connectivity index (χ2v) is 20.2. The quantitative estimate of drug-likeness (QED) is 0.0938. The number of para-hydroxylation sites is 2. The minimum Gasteiger partial charge on any atom is -0.507 e. The van der Waals surface area contributed by atoms with E-state index in [0.29, 0.717) is 24.9 Å². The summed E-state index contributed by atoms with van der Waals surface area (Å²) in [5, 5.41) is 23.9. The van der Waals surface area contributed by atoms with Crippen LogP contribution in [0.25, 0.3) is 6.08 Å². The van der Waals surface area contributed by atoms with Gasteiger partial charge in [-0.15, -0.1) is 0 Å². The Labute approximate surface area is 320 Å². The van der Waals surface area contributed by atoms with Gasteiger partial charge in [0.15, 0.2) is 0 Å². The number of fused-ring (bicyclic) bond motifs is 3. The minimum absolute atomic E-state index is 0.199. The topological polar surface area (TPSA) is 96.3 Å². The number of aromatic hydroxyl groups is 1. The van der Waals surface area contributed by atoms with Crippen molar-refractivity contribution in [3.8, 4) is 5.75 Å². The van der Waals surface area contributed by atoms with Crippen molar-refractivity contribution in [1.29, 1.82) is 0 Å². The van der Waals surface area contributed by atoms with E-state index in [4.69, 9.17) is 9.08 Å². The summed E-state index contributed by atoms with van der Waals surface area (Å²) in [6.45, 7) is 9.12. The number of hydrogen-bond donors (Lipinski definition) is 2. The molecule has 0 saturated carbocycles. The van der Waals surface area contributed by atoms with Crippen molar-refractivity contribution < 1.29 is 28.8 Å². The Hall–Kier alpha value is -4.54. The zero-order chi connectivity index (χ0) is 38.0. The molecule has 2 aliphatic heterocycles. The Morgan fingerprint density at radius 2 is 1.46 bits per heavy atom. The van der Waals surface area contributed by atoms with E-state index in [1.807, 2.05) is 54.6 Å². The first-order valence-electron chi connectivity index (χ1n) is 19.2. The maximum absolute atomic E-state index is 14.4. The number of nitrogens with zero attached hydrogens (tertiary/aromatic N) is 1. The van der Waals surface area contributed by atoms with Crippen LogP contribution in [0.5, 0.6) is 5.75 Å². The third-order valence-corrected chi connectivity index (χ3v) is 16.7. The van der Waals surface area contributed by atoms with Crippen LogP contribution in [0.3, 0.4) is 0 Å². The number of imide groups is 1. The number of anilines is 1. The number of benzene rings is 4. The van der Waals surface area contributed by atoms with Crippen LogP contribution in [0.2, 0.25) is 11.4 Å². The minimum atomic E-state index is -2.97. The third-order valence-electron chi connectivity index (χ3n) is 11.7. The molecule has 2 amide bonds. The van der Waals surface area contributed by atoms with Crippen LogP contribution in [0.4, 0.5) is 5.69 Å². The van der Waals surface area contributed by atoms with Crippen LogP contribution >= 0.6 is 0 Å². The molecule has 2 heterocycles. The van der Waals surface area contributed by atoms with Crippen molar-refractivity contribution in [2.45, 2.75) is 70.8 Å². The molecule has 7 nitrogen and oxygen atoms in total. The molecule has 0 unspecified atom stereocenters. The number of rotatable bonds is 11. The van der Waals surface area contributed by atoms with Crippen molar-refractivity contribution in [2.75, 3.05) is 11.5 Å². The molecule has 3 aliphatic rings. The third kappa shape index (κ3) is 7.06. The van der Waals surface area contributed by atoms with Crippen molar-refractivity contribution in [2.24, 2.45) is 17.8 Å². The molecule has 7 rings (SSSR count). The van der Waals surface area contributed by atoms with Gasteiger partial charge in [-0.25, -0.2) is 0 Å². The van der Waals surface area contributed by atoms with Gasteiger partial charge in [-0.1, -0.05) is 136 Å². The average Bonchev–Trinajstić information content (AvgIpc) is 3.43. The highest BCUT2D eigenvalue weighted by molar-refractivity contribution is 6.99. The van der Waals surface area contributed by atoms with E-state index in [1.165, 1.54) is 4.90 Å². The first-order valence-corrected chi connectivity index (χ1v) is 21.1. The van der Waals surface area contributed by atoms with Crippen molar-refractivity contribution >= 4 is 49.4 Å². The predicted octanol–water partition coefficient (Wildman–Crippen LogP) is 7.54. The second-order valence-electron chi connectivity index (χ2n) is 15.9. The van der Waals surface area contributed by atoms with Crippen molar-refractivity contribution in [3.05, 3.63) is 138 Å². The summed E-state index contributed by atoms with van der Waals surface area (Å²) in [6, 6.07) is 37.5. The highest BCUT2D eigenvalue weighted by Gasteiger charge is 2.58. The molecule has 0 aromatic heterocycles. The molecule has 4 aromatic carbocycles. The van der Waals surface area contributed by atoms with Gasteiger partial charge in [0.2, 0.25) is 11.8 Å². The lowest BCUT2D eigenvalue weighted by molar-refractivity contribution is -0.122. The van der Waals surface area contributed by atoms with Crippen molar-refractivity contribution in [3.63, 3.8) is 0 Å². The lowest BCUT2D eigenvalue weighted by Gasteiger charge is -2.46. The van der Waals surface area contributed by atoms with E-state index in [1.54, 1.807) is 18.2 Å². The Bertz CT molecular complexity index is 1990. The van der Waals surface area contributed by atoms with Gasteiger partial charge < -0.3 is 19.2 Å². The average molecular weight is 740 g/mol. The van der Waals surface area contributed by atoms with Crippen LogP contribution < -0.4 is 15.3 Å². The monoisotopic (exact) mass is 739 g/mol. The van der Waals surface area contributed by atoms with Crippen LogP contribution in [0.1, 0.15) is 58.9 Å². The summed E-state index contributed by atoms with van der Waals surface area (Å²) in [5.41, 5.74) is 4.45. The molecule has 54 heavy (non-hydrogen) atoms. The molecule has 1 aliphatic carbocycles. The maximum atomic E-state index is 14.4. The summed E-state index contributed by atoms with van der Waals surface area (Å²) in [4.78, 5) is 30.1. The largest absolute Gasteiger partial charge is 0.507 e.